The van der Waals surface area contributed by atoms with Gasteiger partial charge in [0.05, 0.1) is 12.8 Å². The van der Waals surface area contributed by atoms with Crippen LogP contribution in [0.2, 0.25) is 0 Å². The number of nitrogens with zero attached hydrogens (tertiary/aromatic N) is 1. The van der Waals surface area contributed by atoms with Gasteiger partial charge in [0.2, 0.25) is 5.88 Å². The molecule has 1 aromatic rings. The Hall–Kier alpha value is -1.45. The smallest absolute Gasteiger partial charge is 0.215 e. The zero-order valence-electron chi connectivity index (χ0n) is 10.8. The highest BCUT2D eigenvalue weighted by Crippen LogP contribution is 2.39. The number of pyridine rings is 1. The van der Waals surface area contributed by atoms with E-state index in [4.69, 9.17) is 10.5 Å². The molecule has 1 fully saturated rings. The first-order chi connectivity index (χ1) is 8.03. The summed E-state index contributed by atoms with van der Waals surface area (Å²) >= 11 is 0. The zero-order chi connectivity index (χ0) is 12.5. The van der Waals surface area contributed by atoms with Gasteiger partial charge in [-0.3, -0.25) is 0 Å². The van der Waals surface area contributed by atoms with E-state index < -0.39 is 0 Å². The predicted molar refractivity (Wildman–Crippen MR) is 70.2 cm³/mol. The van der Waals surface area contributed by atoms with Gasteiger partial charge in [-0.2, -0.15) is 4.98 Å². The number of nitrogens with two attached hydrogens (primary N) is 1. The van der Waals surface area contributed by atoms with Crippen molar-refractivity contribution in [1.29, 1.82) is 0 Å². The lowest BCUT2D eigenvalue weighted by Gasteiger charge is -2.28. The number of aromatic nitrogens is 1. The molecule has 0 aliphatic heterocycles. The van der Waals surface area contributed by atoms with Crippen LogP contribution in [0.1, 0.15) is 33.1 Å². The van der Waals surface area contributed by atoms with Crippen molar-refractivity contribution in [2.45, 2.75) is 39.2 Å². The lowest BCUT2D eigenvalue weighted by atomic mass is 9.87. The average molecular weight is 235 g/mol. The van der Waals surface area contributed by atoms with E-state index in [0.29, 0.717) is 23.0 Å². The third-order valence-electron chi connectivity index (χ3n) is 3.68. The second-order valence-electron chi connectivity index (χ2n) is 5.37. The summed E-state index contributed by atoms with van der Waals surface area (Å²) in [6.45, 7) is 4.57. The van der Waals surface area contributed by atoms with Crippen LogP contribution in [-0.2, 0) is 0 Å². The summed E-state index contributed by atoms with van der Waals surface area (Å²) in [4.78, 5) is 4.36. The third kappa shape index (κ3) is 2.46. The van der Waals surface area contributed by atoms with Crippen molar-refractivity contribution in [3.8, 4) is 5.88 Å². The van der Waals surface area contributed by atoms with Crippen LogP contribution in [0.5, 0.6) is 5.88 Å². The minimum absolute atomic E-state index is 0.303. The molecule has 94 valence electrons. The van der Waals surface area contributed by atoms with Crippen molar-refractivity contribution in [3.05, 3.63) is 12.1 Å². The molecule has 3 N–H and O–H groups in total. The Labute approximate surface area is 103 Å². The van der Waals surface area contributed by atoms with Gasteiger partial charge in [-0.15, -0.1) is 0 Å². The summed E-state index contributed by atoms with van der Waals surface area (Å²) in [5.74, 6) is 1.34. The summed E-state index contributed by atoms with van der Waals surface area (Å²) in [6.07, 6.45) is 3.68. The molecule has 1 unspecified atom stereocenters. The number of rotatable bonds is 3. The number of methoxy groups -OCH3 is 1. The minimum atomic E-state index is 0.303. The van der Waals surface area contributed by atoms with Gasteiger partial charge in [-0.1, -0.05) is 20.3 Å². The number of nitrogen functional groups attached to an aromatic ring is 1. The van der Waals surface area contributed by atoms with Gasteiger partial charge in [-0.25, -0.2) is 0 Å². The highest BCUT2D eigenvalue weighted by Gasteiger charge is 2.34. The molecule has 0 bridgehead atoms. The standard InChI is InChI=1S/C13H21N3O/c1-13(2)8-4-5-10(13)15-12-9(14)6-7-11(16-12)17-3/h6-7,10H,4-5,8,14H2,1-3H3,(H,15,16). The Kier molecular flexibility index (Phi) is 3.13. The monoisotopic (exact) mass is 235 g/mol. The van der Waals surface area contributed by atoms with Crippen LogP contribution in [0.3, 0.4) is 0 Å². The number of anilines is 2. The van der Waals surface area contributed by atoms with Gasteiger partial charge in [0.1, 0.15) is 0 Å². The molecule has 1 heterocycles. The zero-order valence-corrected chi connectivity index (χ0v) is 10.8. The summed E-state index contributed by atoms with van der Waals surface area (Å²) in [7, 11) is 1.61. The number of hydrogen-bond donors (Lipinski definition) is 2. The van der Waals surface area contributed by atoms with Crippen LogP contribution in [0.4, 0.5) is 11.5 Å². The third-order valence-corrected chi connectivity index (χ3v) is 3.68. The van der Waals surface area contributed by atoms with E-state index in [-0.39, 0.29) is 0 Å². The lowest BCUT2D eigenvalue weighted by molar-refractivity contribution is 0.348. The van der Waals surface area contributed by atoms with Crippen LogP contribution >= 0.6 is 0 Å². The first-order valence-electron chi connectivity index (χ1n) is 6.10. The second kappa shape index (κ2) is 4.43. The lowest BCUT2D eigenvalue weighted by Crippen LogP contribution is -2.31. The Bertz CT molecular complexity index is 404. The SMILES string of the molecule is COc1ccc(N)c(NC2CCCC2(C)C)n1. The molecule has 4 heteroatoms. The molecular formula is C13H21N3O. The van der Waals surface area contributed by atoms with Gasteiger partial charge in [0.15, 0.2) is 5.82 Å². The molecule has 0 amide bonds. The van der Waals surface area contributed by atoms with Gasteiger partial charge in [-0.05, 0) is 24.3 Å². The Morgan fingerprint density at radius 1 is 1.47 bits per heavy atom. The predicted octanol–water partition coefficient (Wildman–Crippen LogP) is 2.66. The molecule has 1 aromatic heterocycles. The fourth-order valence-corrected chi connectivity index (χ4v) is 2.44. The quantitative estimate of drug-likeness (QED) is 0.845. The maximum atomic E-state index is 5.93. The molecule has 4 nitrogen and oxygen atoms in total. The number of nitrogens with one attached hydrogen (secondary N) is 1. The summed E-state index contributed by atoms with van der Waals surface area (Å²) in [6, 6.07) is 4.04. The van der Waals surface area contributed by atoms with Gasteiger partial charge in [0.25, 0.3) is 0 Å². The fourth-order valence-electron chi connectivity index (χ4n) is 2.44. The van der Waals surface area contributed by atoms with Crippen molar-refractivity contribution >= 4 is 11.5 Å². The molecule has 1 saturated carbocycles. The van der Waals surface area contributed by atoms with E-state index in [0.717, 1.165) is 5.82 Å². The molecule has 0 radical (unpaired) electrons. The van der Waals surface area contributed by atoms with E-state index in [1.807, 2.05) is 6.07 Å². The number of ether oxygens (including phenoxy) is 1. The van der Waals surface area contributed by atoms with Gasteiger partial charge >= 0.3 is 0 Å². The molecule has 1 aliphatic carbocycles. The van der Waals surface area contributed by atoms with Crippen LogP contribution < -0.4 is 15.8 Å². The molecule has 1 atom stereocenters. The van der Waals surface area contributed by atoms with E-state index in [1.54, 1.807) is 13.2 Å². The van der Waals surface area contributed by atoms with E-state index >= 15 is 0 Å². The van der Waals surface area contributed by atoms with Crippen molar-refractivity contribution < 1.29 is 4.74 Å². The Morgan fingerprint density at radius 2 is 2.24 bits per heavy atom. The maximum Gasteiger partial charge on any atom is 0.215 e. The summed E-state index contributed by atoms with van der Waals surface area (Å²) < 4.78 is 5.12. The topological polar surface area (TPSA) is 60.2 Å². The maximum absolute atomic E-state index is 5.93. The summed E-state index contributed by atoms with van der Waals surface area (Å²) in [5.41, 5.74) is 6.91. The first kappa shape index (κ1) is 12.0. The van der Waals surface area contributed by atoms with Gasteiger partial charge in [0, 0.05) is 12.1 Å². The first-order valence-corrected chi connectivity index (χ1v) is 6.10. The highest BCUT2D eigenvalue weighted by atomic mass is 16.5. The molecule has 2 rings (SSSR count). The average Bonchev–Trinajstić information content (AvgIpc) is 2.61. The van der Waals surface area contributed by atoms with Crippen LogP contribution in [0.25, 0.3) is 0 Å². The largest absolute Gasteiger partial charge is 0.481 e. The normalized spacial score (nSPS) is 22.4. The van der Waals surface area contributed by atoms with Crippen LogP contribution in [0, 0.1) is 5.41 Å². The number of hydrogen-bond acceptors (Lipinski definition) is 4. The van der Waals surface area contributed by atoms with Crippen molar-refractivity contribution in [1.82, 2.24) is 4.98 Å². The molecule has 0 saturated heterocycles. The van der Waals surface area contributed by atoms with Crippen molar-refractivity contribution in [3.63, 3.8) is 0 Å². The van der Waals surface area contributed by atoms with Crippen LogP contribution in [-0.4, -0.2) is 18.1 Å². The molecule has 0 aromatic carbocycles. The Morgan fingerprint density at radius 3 is 2.82 bits per heavy atom. The highest BCUT2D eigenvalue weighted by molar-refractivity contribution is 5.62. The van der Waals surface area contributed by atoms with E-state index in [9.17, 15) is 0 Å². The molecule has 17 heavy (non-hydrogen) atoms. The van der Waals surface area contributed by atoms with Crippen molar-refractivity contribution in [2.24, 2.45) is 5.41 Å². The van der Waals surface area contributed by atoms with Crippen LogP contribution in [0.15, 0.2) is 12.1 Å². The second-order valence-corrected chi connectivity index (χ2v) is 5.37. The minimum Gasteiger partial charge on any atom is -0.481 e. The van der Waals surface area contributed by atoms with E-state index in [2.05, 4.69) is 24.1 Å². The van der Waals surface area contributed by atoms with Gasteiger partial charge < -0.3 is 15.8 Å². The summed E-state index contributed by atoms with van der Waals surface area (Å²) in [5, 5.41) is 3.46. The van der Waals surface area contributed by atoms with Crippen molar-refractivity contribution in [2.75, 3.05) is 18.2 Å². The Balaban J connectivity index is 2.18. The molecule has 1 aliphatic rings. The fraction of sp³-hybridized carbons (Fsp3) is 0.615. The molecular weight excluding hydrogens is 214 g/mol. The van der Waals surface area contributed by atoms with E-state index in [1.165, 1.54) is 19.3 Å². The molecule has 0 spiro atoms.